The zero-order valence-electron chi connectivity index (χ0n) is 13.1. The molecule has 5 heteroatoms. The molecule has 1 fully saturated rings. The zero-order chi connectivity index (χ0) is 15.6. The molecule has 3 amide bonds. The summed E-state index contributed by atoms with van der Waals surface area (Å²) in [5.74, 6) is 0.346. The predicted octanol–water partition coefficient (Wildman–Crippen LogP) is 1.87. The Labute approximate surface area is 125 Å². The molecule has 1 aromatic carbocycles. The van der Waals surface area contributed by atoms with E-state index >= 15 is 0 Å². The van der Waals surface area contributed by atoms with Crippen LogP contribution in [0.3, 0.4) is 0 Å². The smallest absolute Gasteiger partial charge is 0.324 e. The van der Waals surface area contributed by atoms with Gasteiger partial charge in [-0.1, -0.05) is 26.0 Å². The molecule has 0 radical (unpaired) electrons. The minimum Gasteiger partial charge on any atom is -0.359 e. The van der Waals surface area contributed by atoms with E-state index in [9.17, 15) is 9.59 Å². The van der Waals surface area contributed by atoms with Crippen molar-refractivity contribution in [1.82, 2.24) is 10.2 Å². The number of hydrogen-bond acceptors (Lipinski definition) is 2. The molecule has 5 nitrogen and oxygen atoms in total. The monoisotopic (exact) mass is 289 g/mol. The van der Waals surface area contributed by atoms with Crippen molar-refractivity contribution in [2.24, 2.45) is 5.92 Å². The third-order valence-electron chi connectivity index (χ3n) is 3.93. The van der Waals surface area contributed by atoms with Gasteiger partial charge >= 0.3 is 6.03 Å². The van der Waals surface area contributed by atoms with Gasteiger partial charge in [-0.3, -0.25) is 9.69 Å². The molecule has 0 aliphatic carbocycles. The Balaban J connectivity index is 2.29. The van der Waals surface area contributed by atoms with Gasteiger partial charge in [0.15, 0.2) is 0 Å². The van der Waals surface area contributed by atoms with Crippen LogP contribution in [0.1, 0.15) is 19.4 Å². The van der Waals surface area contributed by atoms with Crippen LogP contribution in [-0.2, 0) is 11.2 Å². The lowest BCUT2D eigenvalue weighted by Crippen LogP contribution is -2.37. The van der Waals surface area contributed by atoms with Crippen LogP contribution in [0.5, 0.6) is 0 Å². The average molecular weight is 289 g/mol. The zero-order valence-corrected chi connectivity index (χ0v) is 13.1. The van der Waals surface area contributed by atoms with Crippen LogP contribution < -0.4 is 10.2 Å². The summed E-state index contributed by atoms with van der Waals surface area (Å²) in [6, 6.07) is 7.86. The minimum absolute atomic E-state index is 0.0193. The van der Waals surface area contributed by atoms with E-state index in [0.717, 1.165) is 17.8 Å². The Morgan fingerprint density at radius 1 is 1.43 bits per heavy atom. The summed E-state index contributed by atoms with van der Waals surface area (Å²) in [7, 11) is 3.45. The standard InChI is InChI=1S/C16H23N3O2/c1-11(2)14-10-18(4)16(21)19(14)13-7-5-6-12(8-13)9-15(20)17-3/h5-8,11,14H,9-10H2,1-4H3,(H,17,20)/t14-/m0/s1. The number of carbonyl (C=O) groups excluding carboxylic acids is 2. The van der Waals surface area contributed by atoms with Gasteiger partial charge in [0.1, 0.15) is 0 Å². The summed E-state index contributed by atoms with van der Waals surface area (Å²) in [6.45, 7) is 4.98. The van der Waals surface area contributed by atoms with Gasteiger partial charge in [0.2, 0.25) is 5.91 Å². The SMILES string of the molecule is CNC(=O)Cc1cccc(N2C(=O)N(C)C[C@H]2C(C)C)c1. The number of likely N-dealkylation sites (N-methyl/N-ethyl adjacent to an activating group) is 2. The predicted molar refractivity (Wildman–Crippen MR) is 83.3 cm³/mol. The highest BCUT2D eigenvalue weighted by Gasteiger charge is 2.37. The molecule has 1 atom stereocenters. The first-order chi connectivity index (χ1) is 9.93. The quantitative estimate of drug-likeness (QED) is 0.920. The molecule has 0 bridgehead atoms. The first kappa shape index (κ1) is 15.4. The lowest BCUT2D eigenvalue weighted by molar-refractivity contribution is -0.119. The van der Waals surface area contributed by atoms with Gasteiger partial charge in [-0.2, -0.15) is 0 Å². The molecule has 1 aliphatic heterocycles. The number of carbonyl (C=O) groups is 2. The number of anilines is 1. The number of rotatable bonds is 4. The Morgan fingerprint density at radius 3 is 2.76 bits per heavy atom. The van der Waals surface area contributed by atoms with Crippen molar-refractivity contribution < 1.29 is 9.59 Å². The topological polar surface area (TPSA) is 52.7 Å². The number of hydrogen-bond donors (Lipinski definition) is 1. The lowest BCUT2D eigenvalue weighted by atomic mass is 10.0. The molecule has 21 heavy (non-hydrogen) atoms. The summed E-state index contributed by atoms with van der Waals surface area (Å²) >= 11 is 0. The fourth-order valence-corrected chi connectivity index (χ4v) is 2.67. The van der Waals surface area contributed by atoms with Crippen molar-refractivity contribution in [2.45, 2.75) is 26.3 Å². The summed E-state index contributed by atoms with van der Waals surface area (Å²) in [5.41, 5.74) is 1.78. The highest BCUT2D eigenvalue weighted by Crippen LogP contribution is 2.28. The molecule has 0 aromatic heterocycles. The van der Waals surface area contributed by atoms with Gasteiger partial charge in [-0.25, -0.2) is 4.79 Å². The van der Waals surface area contributed by atoms with E-state index in [-0.39, 0.29) is 18.0 Å². The molecule has 1 saturated heterocycles. The van der Waals surface area contributed by atoms with Crippen LogP contribution in [0.2, 0.25) is 0 Å². The van der Waals surface area contributed by atoms with Crippen LogP contribution in [0.4, 0.5) is 10.5 Å². The number of nitrogens with one attached hydrogen (secondary N) is 1. The van der Waals surface area contributed by atoms with Crippen molar-refractivity contribution in [3.05, 3.63) is 29.8 Å². The normalized spacial score (nSPS) is 18.5. The Hall–Kier alpha value is -2.04. The maximum Gasteiger partial charge on any atom is 0.324 e. The molecule has 1 aromatic rings. The second kappa shape index (κ2) is 6.16. The summed E-state index contributed by atoms with van der Waals surface area (Å²) < 4.78 is 0. The summed E-state index contributed by atoms with van der Waals surface area (Å²) in [5, 5.41) is 2.62. The van der Waals surface area contributed by atoms with Crippen LogP contribution >= 0.6 is 0 Å². The van der Waals surface area contributed by atoms with Crippen molar-refractivity contribution in [3.8, 4) is 0 Å². The van der Waals surface area contributed by atoms with Crippen LogP contribution in [-0.4, -0.2) is 43.5 Å². The molecular formula is C16H23N3O2. The molecule has 0 spiro atoms. The first-order valence-electron chi connectivity index (χ1n) is 7.28. The van der Waals surface area contributed by atoms with E-state index in [4.69, 9.17) is 0 Å². The Kier molecular flexibility index (Phi) is 4.50. The van der Waals surface area contributed by atoms with Gasteiger partial charge in [-0.15, -0.1) is 0 Å². The van der Waals surface area contributed by atoms with Crippen molar-refractivity contribution in [1.29, 1.82) is 0 Å². The summed E-state index contributed by atoms with van der Waals surface area (Å²) in [4.78, 5) is 27.5. The Morgan fingerprint density at radius 2 is 2.14 bits per heavy atom. The molecule has 0 saturated carbocycles. The van der Waals surface area contributed by atoms with Gasteiger partial charge < -0.3 is 10.2 Å². The first-order valence-corrected chi connectivity index (χ1v) is 7.28. The van der Waals surface area contributed by atoms with E-state index < -0.39 is 0 Å². The molecule has 114 valence electrons. The van der Waals surface area contributed by atoms with Gasteiger partial charge in [0, 0.05) is 26.3 Å². The number of urea groups is 1. The van der Waals surface area contributed by atoms with E-state index in [0.29, 0.717) is 12.3 Å². The fourth-order valence-electron chi connectivity index (χ4n) is 2.67. The van der Waals surface area contributed by atoms with Crippen LogP contribution in [0.25, 0.3) is 0 Å². The third kappa shape index (κ3) is 3.17. The van der Waals surface area contributed by atoms with Gasteiger partial charge in [-0.05, 0) is 23.6 Å². The summed E-state index contributed by atoms with van der Waals surface area (Å²) in [6.07, 6.45) is 0.328. The second-order valence-electron chi connectivity index (χ2n) is 5.86. The maximum absolute atomic E-state index is 12.4. The van der Waals surface area contributed by atoms with Crippen LogP contribution in [0, 0.1) is 5.92 Å². The molecular weight excluding hydrogens is 266 g/mol. The number of amides is 3. The van der Waals surface area contributed by atoms with E-state index in [2.05, 4.69) is 19.2 Å². The largest absolute Gasteiger partial charge is 0.359 e. The van der Waals surface area contributed by atoms with Crippen LogP contribution in [0.15, 0.2) is 24.3 Å². The molecule has 1 N–H and O–H groups in total. The third-order valence-corrected chi connectivity index (χ3v) is 3.93. The molecule has 0 unspecified atom stereocenters. The average Bonchev–Trinajstić information content (AvgIpc) is 2.75. The van der Waals surface area contributed by atoms with Gasteiger partial charge in [0.05, 0.1) is 12.5 Å². The van der Waals surface area contributed by atoms with Crippen molar-refractivity contribution >= 4 is 17.6 Å². The molecule has 1 aliphatic rings. The van der Waals surface area contributed by atoms with E-state index in [1.54, 1.807) is 11.9 Å². The fraction of sp³-hybridized carbons (Fsp3) is 0.500. The Bertz CT molecular complexity index is 542. The molecule has 1 heterocycles. The second-order valence-corrected chi connectivity index (χ2v) is 5.86. The lowest BCUT2D eigenvalue weighted by Gasteiger charge is -2.26. The van der Waals surface area contributed by atoms with E-state index in [1.807, 2.05) is 36.2 Å². The maximum atomic E-state index is 12.4. The van der Waals surface area contributed by atoms with Gasteiger partial charge in [0.25, 0.3) is 0 Å². The minimum atomic E-state index is -0.0302. The highest BCUT2D eigenvalue weighted by atomic mass is 16.2. The molecule has 2 rings (SSSR count). The highest BCUT2D eigenvalue weighted by molar-refractivity contribution is 5.95. The number of benzene rings is 1. The van der Waals surface area contributed by atoms with Crippen molar-refractivity contribution in [3.63, 3.8) is 0 Å². The number of nitrogens with zero attached hydrogens (tertiary/aromatic N) is 2. The van der Waals surface area contributed by atoms with Crippen molar-refractivity contribution in [2.75, 3.05) is 25.5 Å². The van der Waals surface area contributed by atoms with E-state index in [1.165, 1.54) is 0 Å².